The molecule has 0 aliphatic carbocycles. The third-order valence-electron chi connectivity index (χ3n) is 4.99. The van der Waals surface area contributed by atoms with Gasteiger partial charge in [0.2, 0.25) is 10.0 Å². The van der Waals surface area contributed by atoms with Gasteiger partial charge in [-0.2, -0.15) is 5.10 Å². The Morgan fingerprint density at radius 2 is 1.75 bits per heavy atom. The number of hydrogen-bond donors (Lipinski definition) is 1. The van der Waals surface area contributed by atoms with Gasteiger partial charge in [-0.15, -0.1) is 0 Å². The monoisotopic (exact) mass is 471 g/mol. The summed E-state index contributed by atoms with van der Waals surface area (Å²) in [7, 11) is -3.40. The zero-order chi connectivity index (χ0) is 22.9. The molecule has 0 aromatic heterocycles. The predicted molar refractivity (Wildman–Crippen MR) is 123 cm³/mol. The first-order valence-corrected chi connectivity index (χ1v) is 12.0. The minimum atomic E-state index is -3.40. The molecule has 1 atom stereocenters. The van der Waals surface area contributed by atoms with Crippen LogP contribution in [0.1, 0.15) is 33.9 Å². The van der Waals surface area contributed by atoms with Gasteiger partial charge in [-0.25, -0.2) is 17.8 Å². The number of carbonyl (C=O) groups excluding carboxylic acids is 1. The first kappa shape index (κ1) is 22.0. The van der Waals surface area contributed by atoms with E-state index in [1.165, 1.54) is 17.1 Å². The molecule has 3 aromatic rings. The lowest BCUT2D eigenvalue weighted by Crippen LogP contribution is -2.27. The number of sulfonamides is 1. The third kappa shape index (κ3) is 4.66. The van der Waals surface area contributed by atoms with E-state index in [9.17, 15) is 17.6 Å². The Kier molecular flexibility index (Phi) is 5.99. The average molecular weight is 472 g/mol. The number of rotatable bonds is 5. The normalized spacial score (nSPS) is 16.0. The van der Waals surface area contributed by atoms with Crippen LogP contribution in [-0.2, 0) is 10.0 Å². The van der Waals surface area contributed by atoms with E-state index in [-0.39, 0.29) is 22.9 Å². The van der Waals surface area contributed by atoms with Crippen molar-refractivity contribution in [2.24, 2.45) is 5.10 Å². The van der Waals surface area contributed by atoms with Crippen molar-refractivity contribution >= 4 is 38.9 Å². The Morgan fingerprint density at radius 3 is 2.38 bits per heavy atom. The maximum atomic E-state index is 14.7. The lowest BCUT2D eigenvalue weighted by atomic mass is 9.97. The lowest BCUT2D eigenvalue weighted by Gasteiger charge is -2.23. The molecule has 3 aromatic carbocycles. The number of amides is 1. The first-order valence-electron chi connectivity index (χ1n) is 9.71. The number of hydrogen-bond acceptors (Lipinski definition) is 4. The molecule has 0 spiro atoms. The summed E-state index contributed by atoms with van der Waals surface area (Å²) >= 11 is 6.31. The molecule has 1 amide bonds. The fourth-order valence-electron chi connectivity index (χ4n) is 3.58. The van der Waals surface area contributed by atoms with Crippen LogP contribution >= 0.6 is 11.6 Å². The number of nitrogens with zero attached hydrogens (tertiary/aromatic N) is 2. The summed E-state index contributed by atoms with van der Waals surface area (Å²) in [6, 6.07) is 18.9. The van der Waals surface area contributed by atoms with E-state index in [1.54, 1.807) is 60.7 Å². The lowest BCUT2D eigenvalue weighted by molar-refractivity contribution is 0.0709. The molecule has 4 rings (SSSR count). The van der Waals surface area contributed by atoms with Gasteiger partial charge in [0.25, 0.3) is 5.91 Å². The molecule has 32 heavy (non-hydrogen) atoms. The van der Waals surface area contributed by atoms with Crippen LogP contribution in [0.15, 0.2) is 77.9 Å². The highest BCUT2D eigenvalue weighted by atomic mass is 35.5. The summed E-state index contributed by atoms with van der Waals surface area (Å²) in [5.41, 5.74) is 2.27. The van der Waals surface area contributed by atoms with Crippen LogP contribution in [-0.4, -0.2) is 31.3 Å². The molecular formula is C23H19ClFN3O3S. The molecule has 6 nitrogen and oxygen atoms in total. The Morgan fingerprint density at radius 1 is 1.06 bits per heavy atom. The van der Waals surface area contributed by atoms with Crippen molar-refractivity contribution < 1.29 is 17.6 Å². The highest BCUT2D eigenvalue weighted by Gasteiger charge is 2.36. The van der Waals surface area contributed by atoms with Gasteiger partial charge in [-0.05, 0) is 42.0 Å². The van der Waals surface area contributed by atoms with Gasteiger partial charge < -0.3 is 0 Å². The second kappa shape index (κ2) is 8.72. The highest BCUT2D eigenvalue weighted by Crippen LogP contribution is 2.38. The number of carbonyl (C=O) groups is 1. The van der Waals surface area contributed by atoms with Crippen LogP contribution in [0.25, 0.3) is 0 Å². The van der Waals surface area contributed by atoms with Crippen LogP contribution in [0.4, 0.5) is 10.1 Å². The third-order valence-corrected chi connectivity index (χ3v) is 5.93. The molecule has 0 radical (unpaired) electrons. The molecule has 164 valence electrons. The average Bonchev–Trinajstić information content (AvgIpc) is 3.18. The number of nitrogens with one attached hydrogen (secondary N) is 1. The van der Waals surface area contributed by atoms with Crippen molar-refractivity contribution in [3.05, 3.63) is 100 Å². The molecule has 0 bridgehead atoms. The topological polar surface area (TPSA) is 78.8 Å². The number of anilines is 1. The maximum absolute atomic E-state index is 14.7. The van der Waals surface area contributed by atoms with E-state index in [4.69, 9.17) is 11.6 Å². The quantitative estimate of drug-likeness (QED) is 0.578. The van der Waals surface area contributed by atoms with Gasteiger partial charge in [-0.1, -0.05) is 48.0 Å². The predicted octanol–water partition coefficient (Wildman–Crippen LogP) is 4.84. The van der Waals surface area contributed by atoms with Gasteiger partial charge in [0.1, 0.15) is 5.82 Å². The largest absolute Gasteiger partial charge is 0.284 e. The Labute approximate surface area is 190 Å². The molecule has 0 saturated carbocycles. The molecule has 0 fully saturated rings. The summed E-state index contributed by atoms with van der Waals surface area (Å²) in [5.74, 6) is -0.891. The van der Waals surface area contributed by atoms with Gasteiger partial charge in [0.05, 0.1) is 18.0 Å². The minimum Gasteiger partial charge on any atom is -0.284 e. The van der Waals surface area contributed by atoms with Gasteiger partial charge in [0.15, 0.2) is 0 Å². The van der Waals surface area contributed by atoms with E-state index in [2.05, 4.69) is 9.82 Å². The van der Waals surface area contributed by atoms with Crippen molar-refractivity contribution in [2.75, 3.05) is 11.0 Å². The van der Waals surface area contributed by atoms with E-state index in [0.29, 0.717) is 22.5 Å². The first-order chi connectivity index (χ1) is 15.2. The molecule has 0 saturated heterocycles. The van der Waals surface area contributed by atoms with E-state index in [0.717, 1.165) is 6.26 Å². The molecule has 1 N–H and O–H groups in total. The highest BCUT2D eigenvalue weighted by molar-refractivity contribution is 7.92. The van der Waals surface area contributed by atoms with Crippen molar-refractivity contribution in [1.82, 2.24) is 5.01 Å². The van der Waals surface area contributed by atoms with E-state index in [1.807, 2.05) is 0 Å². The van der Waals surface area contributed by atoms with Crippen molar-refractivity contribution in [3.8, 4) is 0 Å². The maximum Gasteiger partial charge on any atom is 0.274 e. The van der Waals surface area contributed by atoms with E-state index < -0.39 is 21.9 Å². The number of hydrazone groups is 1. The van der Waals surface area contributed by atoms with Crippen LogP contribution in [0, 0.1) is 5.82 Å². The molecule has 9 heteroatoms. The summed E-state index contributed by atoms with van der Waals surface area (Å²) < 4.78 is 40.0. The standard InChI is InChI=1S/C23H19ClFN3O3S/c1-32(30,31)27-17-12-10-15(11-13-17)20-14-21(22-18(24)8-5-9-19(22)25)28(26-20)23(29)16-6-3-2-4-7-16/h2-13,21,27H,14H2,1H3. The second-order valence-corrected chi connectivity index (χ2v) is 9.52. The molecule has 1 unspecified atom stereocenters. The van der Waals surface area contributed by atoms with Crippen LogP contribution in [0.5, 0.6) is 0 Å². The Hall–Kier alpha value is -3.23. The summed E-state index contributed by atoms with van der Waals surface area (Å²) in [5, 5.41) is 5.99. The molecule has 1 aliphatic rings. The minimum absolute atomic E-state index is 0.201. The van der Waals surface area contributed by atoms with Gasteiger partial charge in [-0.3, -0.25) is 9.52 Å². The van der Waals surface area contributed by atoms with Crippen LogP contribution in [0.2, 0.25) is 5.02 Å². The Bertz CT molecular complexity index is 1280. The van der Waals surface area contributed by atoms with Crippen molar-refractivity contribution in [1.29, 1.82) is 0 Å². The van der Waals surface area contributed by atoms with Gasteiger partial charge >= 0.3 is 0 Å². The van der Waals surface area contributed by atoms with Crippen LogP contribution < -0.4 is 4.72 Å². The molecular weight excluding hydrogens is 453 g/mol. The summed E-state index contributed by atoms with van der Waals surface area (Å²) in [6.45, 7) is 0. The molecule has 1 heterocycles. The van der Waals surface area contributed by atoms with Crippen molar-refractivity contribution in [3.63, 3.8) is 0 Å². The molecule has 1 aliphatic heterocycles. The fraction of sp³-hybridized carbons (Fsp3) is 0.130. The zero-order valence-corrected chi connectivity index (χ0v) is 18.6. The fourth-order valence-corrected chi connectivity index (χ4v) is 4.44. The van der Waals surface area contributed by atoms with Crippen LogP contribution in [0.3, 0.4) is 0 Å². The number of benzene rings is 3. The summed E-state index contributed by atoms with van der Waals surface area (Å²) in [4.78, 5) is 13.2. The van der Waals surface area contributed by atoms with E-state index >= 15 is 0 Å². The number of halogens is 2. The summed E-state index contributed by atoms with van der Waals surface area (Å²) in [6.07, 6.45) is 1.32. The van der Waals surface area contributed by atoms with Gasteiger partial charge in [0, 0.05) is 28.3 Å². The smallest absolute Gasteiger partial charge is 0.274 e. The zero-order valence-electron chi connectivity index (χ0n) is 17.0. The SMILES string of the molecule is CS(=O)(=O)Nc1ccc(C2=NN(C(=O)c3ccccc3)C(c3c(F)cccc3Cl)C2)cc1. The second-order valence-electron chi connectivity index (χ2n) is 7.37. The Balaban J connectivity index is 1.72. The van der Waals surface area contributed by atoms with Crippen molar-refractivity contribution in [2.45, 2.75) is 12.5 Å².